The van der Waals surface area contributed by atoms with Crippen LogP contribution in [0.1, 0.15) is 24.3 Å². The van der Waals surface area contributed by atoms with E-state index in [4.69, 9.17) is 21.8 Å². The largest absolute Gasteiger partial charge is 0.459 e. The van der Waals surface area contributed by atoms with E-state index in [1.807, 2.05) is 38.1 Å². The van der Waals surface area contributed by atoms with Gasteiger partial charge < -0.3 is 15.5 Å². The Balaban J connectivity index is 1.93. The van der Waals surface area contributed by atoms with Crippen molar-refractivity contribution in [3.63, 3.8) is 0 Å². The van der Waals surface area contributed by atoms with E-state index in [1.54, 1.807) is 0 Å². The fourth-order valence-electron chi connectivity index (χ4n) is 2.30. The van der Waals surface area contributed by atoms with Crippen molar-refractivity contribution in [2.75, 3.05) is 11.1 Å². The smallest absolute Gasteiger partial charge is 0.229 e. The van der Waals surface area contributed by atoms with Gasteiger partial charge in [-0.15, -0.1) is 0 Å². The van der Waals surface area contributed by atoms with E-state index in [1.165, 1.54) is 0 Å². The molecule has 6 nitrogen and oxygen atoms in total. The highest BCUT2D eigenvalue weighted by Crippen LogP contribution is 2.30. The van der Waals surface area contributed by atoms with Crippen molar-refractivity contribution < 1.29 is 4.42 Å². The van der Waals surface area contributed by atoms with Crippen LogP contribution in [0, 0.1) is 6.92 Å². The van der Waals surface area contributed by atoms with E-state index in [2.05, 4.69) is 20.3 Å². The highest BCUT2D eigenvalue weighted by molar-refractivity contribution is 6.28. The summed E-state index contributed by atoms with van der Waals surface area (Å²) in [4.78, 5) is 11.7. The van der Waals surface area contributed by atoms with Crippen LogP contribution in [0.2, 0.25) is 5.28 Å². The van der Waals surface area contributed by atoms with Crippen LogP contribution in [-0.4, -0.2) is 15.0 Å². The van der Waals surface area contributed by atoms with Crippen LogP contribution in [0.25, 0.3) is 11.0 Å². The van der Waals surface area contributed by atoms with E-state index >= 15 is 0 Å². The van der Waals surface area contributed by atoms with Gasteiger partial charge in [0, 0.05) is 10.9 Å². The van der Waals surface area contributed by atoms with Crippen molar-refractivity contribution in [1.29, 1.82) is 0 Å². The average molecular weight is 304 g/mol. The molecular weight excluding hydrogens is 290 g/mol. The van der Waals surface area contributed by atoms with E-state index < -0.39 is 0 Å². The van der Waals surface area contributed by atoms with Gasteiger partial charge in [-0.3, -0.25) is 0 Å². The number of para-hydroxylation sites is 1. The number of nitrogen functional groups attached to an aromatic ring is 1. The van der Waals surface area contributed by atoms with E-state index in [-0.39, 0.29) is 17.3 Å². The van der Waals surface area contributed by atoms with Gasteiger partial charge >= 0.3 is 0 Å². The zero-order valence-corrected chi connectivity index (χ0v) is 12.3. The van der Waals surface area contributed by atoms with Gasteiger partial charge in [0.05, 0.1) is 6.04 Å². The third kappa shape index (κ3) is 2.62. The summed E-state index contributed by atoms with van der Waals surface area (Å²) in [5.41, 5.74) is 7.49. The minimum Gasteiger partial charge on any atom is -0.459 e. The SMILES string of the molecule is Cc1c(C(C)Nc2nc(N)nc(Cl)n2)oc2ccccc12. The van der Waals surface area contributed by atoms with Crippen molar-refractivity contribution in [3.05, 3.63) is 40.9 Å². The molecule has 108 valence electrons. The van der Waals surface area contributed by atoms with Gasteiger partial charge in [0.25, 0.3) is 0 Å². The summed E-state index contributed by atoms with van der Waals surface area (Å²) in [6.45, 7) is 3.98. The summed E-state index contributed by atoms with van der Waals surface area (Å²) in [6, 6.07) is 7.77. The monoisotopic (exact) mass is 303 g/mol. The maximum Gasteiger partial charge on any atom is 0.229 e. The molecular formula is C14H14ClN5O. The number of benzene rings is 1. The summed E-state index contributed by atoms with van der Waals surface area (Å²) >= 11 is 5.77. The number of nitrogens with zero attached hydrogens (tertiary/aromatic N) is 3. The van der Waals surface area contributed by atoms with Crippen LogP contribution in [0.15, 0.2) is 28.7 Å². The molecule has 3 rings (SSSR count). The predicted octanol–water partition coefficient (Wildman–Crippen LogP) is 3.33. The number of halogens is 1. The molecule has 2 heterocycles. The maximum absolute atomic E-state index is 5.90. The molecule has 1 atom stereocenters. The fourth-order valence-corrected chi connectivity index (χ4v) is 2.46. The first-order valence-corrected chi connectivity index (χ1v) is 6.84. The molecule has 7 heteroatoms. The van der Waals surface area contributed by atoms with Crippen LogP contribution < -0.4 is 11.1 Å². The molecule has 1 aromatic carbocycles. The van der Waals surface area contributed by atoms with Crippen molar-refractivity contribution in [1.82, 2.24) is 15.0 Å². The molecule has 0 bridgehead atoms. The lowest BCUT2D eigenvalue weighted by Crippen LogP contribution is -2.11. The van der Waals surface area contributed by atoms with Crippen molar-refractivity contribution in [3.8, 4) is 0 Å². The maximum atomic E-state index is 5.90. The summed E-state index contributed by atoms with van der Waals surface area (Å²) < 4.78 is 5.90. The molecule has 0 aliphatic heterocycles. The van der Waals surface area contributed by atoms with Gasteiger partial charge in [0.2, 0.25) is 17.2 Å². The van der Waals surface area contributed by atoms with Crippen molar-refractivity contribution in [2.24, 2.45) is 0 Å². The van der Waals surface area contributed by atoms with Gasteiger partial charge in [-0.05, 0) is 31.5 Å². The van der Waals surface area contributed by atoms with Crippen molar-refractivity contribution >= 4 is 34.5 Å². The van der Waals surface area contributed by atoms with Crippen LogP contribution >= 0.6 is 11.6 Å². The first-order chi connectivity index (χ1) is 10.0. The molecule has 1 unspecified atom stereocenters. The Hall–Kier alpha value is -2.34. The number of fused-ring (bicyclic) bond motifs is 1. The second kappa shape index (κ2) is 5.21. The fraction of sp³-hybridized carbons (Fsp3) is 0.214. The standard InChI is InChI=1S/C14H14ClN5O/c1-7-9-5-3-4-6-10(9)21-11(7)8(2)17-14-19-12(15)18-13(16)20-14/h3-6,8H,1-2H3,(H3,16,17,18,19,20). The first-order valence-electron chi connectivity index (χ1n) is 6.46. The van der Waals surface area contributed by atoms with Gasteiger partial charge in [-0.2, -0.15) is 15.0 Å². The van der Waals surface area contributed by atoms with Gasteiger partial charge in [0.15, 0.2) is 0 Å². The highest BCUT2D eigenvalue weighted by Gasteiger charge is 2.17. The predicted molar refractivity (Wildman–Crippen MR) is 82.2 cm³/mol. The molecule has 0 aliphatic rings. The van der Waals surface area contributed by atoms with E-state index in [0.29, 0.717) is 5.95 Å². The molecule has 0 aliphatic carbocycles. The summed E-state index contributed by atoms with van der Waals surface area (Å²) in [5, 5.41) is 4.27. The minimum atomic E-state index is -0.129. The molecule has 0 amide bonds. The van der Waals surface area contributed by atoms with E-state index in [0.717, 1.165) is 22.3 Å². The summed E-state index contributed by atoms with van der Waals surface area (Å²) in [6.07, 6.45) is 0. The zero-order valence-electron chi connectivity index (χ0n) is 11.6. The zero-order chi connectivity index (χ0) is 15.0. The molecule has 0 spiro atoms. The number of hydrogen-bond donors (Lipinski definition) is 2. The molecule has 0 saturated carbocycles. The Labute approximate surface area is 126 Å². The van der Waals surface area contributed by atoms with Gasteiger partial charge in [-0.25, -0.2) is 0 Å². The van der Waals surface area contributed by atoms with Crippen molar-refractivity contribution in [2.45, 2.75) is 19.9 Å². The third-order valence-electron chi connectivity index (χ3n) is 3.24. The molecule has 0 radical (unpaired) electrons. The topological polar surface area (TPSA) is 89.9 Å². The van der Waals surface area contributed by atoms with Crippen LogP contribution in [0.5, 0.6) is 0 Å². The quantitative estimate of drug-likeness (QED) is 0.771. The molecule has 0 saturated heterocycles. The Morgan fingerprint density at radius 3 is 2.71 bits per heavy atom. The lowest BCUT2D eigenvalue weighted by Gasteiger charge is -2.12. The second-order valence-electron chi connectivity index (χ2n) is 4.74. The Morgan fingerprint density at radius 2 is 2.00 bits per heavy atom. The van der Waals surface area contributed by atoms with Crippen LogP contribution in [0.4, 0.5) is 11.9 Å². The van der Waals surface area contributed by atoms with Gasteiger partial charge in [0.1, 0.15) is 11.3 Å². The minimum absolute atomic E-state index is 0.0542. The first kappa shape index (κ1) is 13.6. The Bertz CT molecular complexity index is 781. The number of hydrogen-bond acceptors (Lipinski definition) is 6. The molecule has 2 aromatic heterocycles. The number of aryl methyl sites for hydroxylation is 1. The normalized spacial score (nSPS) is 12.5. The lowest BCUT2D eigenvalue weighted by molar-refractivity contribution is 0.521. The molecule has 3 N–H and O–H groups in total. The number of nitrogens with one attached hydrogen (secondary N) is 1. The third-order valence-corrected chi connectivity index (χ3v) is 3.41. The van der Waals surface area contributed by atoms with E-state index in [9.17, 15) is 0 Å². The highest BCUT2D eigenvalue weighted by atomic mass is 35.5. The number of aromatic nitrogens is 3. The molecule has 3 aromatic rings. The molecule has 0 fully saturated rings. The Morgan fingerprint density at radius 1 is 1.24 bits per heavy atom. The second-order valence-corrected chi connectivity index (χ2v) is 5.08. The average Bonchev–Trinajstić information content (AvgIpc) is 2.76. The molecule has 21 heavy (non-hydrogen) atoms. The number of furan rings is 1. The van der Waals surface area contributed by atoms with Gasteiger partial charge in [-0.1, -0.05) is 18.2 Å². The number of anilines is 2. The lowest BCUT2D eigenvalue weighted by atomic mass is 10.1. The summed E-state index contributed by atoms with van der Waals surface area (Å²) in [5.74, 6) is 1.22. The van der Waals surface area contributed by atoms with Crippen LogP contribution in [0.3, 0.4) is 0 Å². The van der Waals surface area contributed by atoms with Crippen LogP contribution in [-0.2, 0) is 0 Å². The summed E-state index contributed by atoms with van der Waals surface area (Å²) in [7, 11) is 0. The number of nitrogens with two attached hydrogens (primary N) is 1. The number of rotatable bonds is 3. The Kier molecular flexibility index (Phi) is 3.39.